The summed E-state index contributed by atoms with van der Waals surface area (Å²) in [4.78, 5) is 9.50. The minimum atomic E-state index is -0.495. The van der Waals surface area contributed by atoms with Crippen LogP contribution in [0.15, 0.2) is 0 Å². The Hall–Kier alpha value is -0.0200. The molecule has 0 amide bonds. The molecule has 0 rings (SSSR count). The molecular formula is C3H6O2S. The van der Waals surface area contributed by atoms with Crippen molar-refractivity contribution in [2.75, 3.05) is 6.61 Å². The summed E-state index contributed by atoms with van der Waals surface area (Å²) in [6.07, 6.45) is 0.586. The third kappa shape index (κ3) is 2.23. The Kier molecular flexibility index (Phi) is 3.17. The first-order valence-electron chi connectivity index (χ1n) is 1.55. The third-order valence-corrected chi connectivity index (χ3v) is 0.629. The van der Waals surface area contributed by atoms with E-state index in [1.165, 1.54) is 0 Å². The van der Waals surface area contributed by atoms with Gasteiger partial charge in [-0.25, -0.2) is 0 Å². The maximum atomic E-state index is 9.50. The van der Waals surface area contributed by atoms with E-state index < -0.39 is 5.25 Å². The molecule has 0 saturated carbocycles. The molecule has 0 saturated heterocycles. The van der Waals surface area contributed by atoms with Gasteiger partial charge in [0.2, 0.25) is 0 Å². The number of hydrogen-bond acceptors (Lipinski definition) is 3. The Labute approximate surface area is 41.6 Å². The number of aldehydes is 1. The van der Waals surface area contributed by atoms with E-state index in [0.29, 0.717) is 6.29 Å². The molecular weight excluding hydrogens is 100 g/mol. The third-order valence-electron chi connectivity index (χ3n) is 0.344. The molecule has 0 bridgehead atoms. The normalized spacial score (nSPS) is 13.7. The fourth-order valence-electron chi connectivity index (χ4n) is 0.0430. The molecule has 0 aromatic rings. The molecule has 1 N–H and O–H groups in total. The summed E-state index contributed by atoms with van der Waals surface area (Å²) < 4.78 is 0. The summed E-state index contributed by atoms with van der Waals surface area (Å²) in [7, 11) is 0. The van der Waals surface area contributed by atoms with Crippen molar-refractivity contribution in [1.29, 1.82) is 0 Å². The van der Waals surface area contributed by atoms with Gasteiger partial charge in [-0.05, 0) is 0 Å². The van der Waals surface area contributed by atoms with Crippen LogP contribution in [0, 0.1) is 0 Å². The van der Waals surface area contributed by atoms with Gasteiger partial charge in [-0.3, -0.25) is 0 Å². The van der Waals surface area contributed by atoms with Gasteiger partial charge in [0, 0.05) is 0 Å². The molecule has 6 heavy (non-hydrogen) atoms. The molecule has 0 aromatic heterocycles. The van der Waals surface area contributed by atoms with Crippen molar-refractivity contribution < 1.29 is 9.90 Å². The molecule has 0 aromatic carbocycles. The number of aliphatic hydroxyl groups excluding tert-OH is 1. The van der Waals surface area contributed by atoms with Crippen molar-refractivity contribution in [1.82, 2.24) is 0 Å². The average Bonchev–Trinajstić information content (AvgIpc) is 1.65. The zero-order valence-electron chi connectivity index (χ0n) is 3.16. The minimum Gasteiger partial charge on any atom is -0.395 e. The van der Waals surface area contributed by atoms with E-state index >= 15 is 0 Å². The van der Waals surface area contributed by atoms with E-state index in [1.807, 2.05) is 0 Å². The smallest absolute Gasteiger partial charge is 0.135 e. The van der Waals surface area contributed by atoms with Gasteiger partial charge in [0.25, 0.3) is 0 Å². The molecule has 0 spiro atoms. The molecule has 0 aliphatic rings. The van der Waals surface area contributed by atoms with E-state index in [2.05, 4.69) is 12.6 Å². The van der Waals surface area contributed by atoms with Gasteiger partial charge in [-0.1, -0.05) is 0 Å². The lowest BCUT2D eigenvalue weighted by molar-refractivity contribution is -0.107. The quantitative estimate of drug-likeness (QED) is 0.367. The second-order valence-corrected chi connectivity index (χ2v) is 1.55. The summed E-state index contributed by atoms with van der Waals surface area (Å²) in [5, 5.41) is 7.53. The van der Waals surface area contributed by atoms with Crippen LogP contribution in [0.5, 0.6) is 0 Å². The second-order valence-electron chi connectivity index (χ2n) is 0.886. The molecule has 1 atom stereocenters. The van der Waals surface area contributed by atoms with Gasteiger partial charge in [0.15, 0.2) is 0 Å². The van der Waals surface area contributed by atoms with Crippen LogP contribution in [0.25, 0.3) is 0 Å². The van der Waals surface area contributed by atoms with Crippen LogP contribution >= 0.6 is 12.6 Å². The van der Waals surface area contributed by atoms with Crippen molar-refractivity contribution in [3.05, 3.63) is 0 Å². The highest BCUT2D eigenvalue weighted by atomic mass is 32.1. The van der Waals surface area contributed by atoms with E-state index in [9.17, 15) is 4.79 Å². The predicted molar refractivity (Wildman–Crippen MR) is 25.9 cm³/mol. The Morgan fingerprint density at radius 3 is 2.50 bits per heavy atom. The number of thiol groups is 1. The Balaban J connectivity index is 2.96. The predicted octanol–water partition coefficient (Wildman–Crippen LogP) is -0.524. The lowest BCUT2D eigenvalue weighted by Crippen LogP contribution is -2.04. The summed E-state index contributed by atoms with van der Waals surface area (Å²) in [5.41, 5.74) is 0. The molecule has 3 heteroatoms. The summed E-state index contributed by atoms with van der Waals surface area (Å²) in [5.74, 6) is 0. The number of carbonyl (C=O) groups is 1. The molecule has 0 radical (unpaired) electrons. The lowest BCUT2D eigenvalue weighted by atomic mass is 10.5. The SMILES string of the molecule is O=C[C@@H](S)CO. The fraction of sp³-hybridized carbons (Fsp3) is 0.667. The highest BCUT2D eigenvalue weighted by Crippen LogP contribution is 1.83. The molecule has 2 nitrogen and oxygen atoms in total. The maximum Gasteiger partial charge on any atom is 0.135 e. The molecule has 0 unspecified atom stereocenters. The average molecular weight is 106 g/mol. The maximum absolute atomic E-state index is 9.50. The van der Waals surface area contributed by atoms with Gasteiger partial charge < -0.3 is 9.90 Å². The van der Waals surface area contributed by atoms with Crippen LogP contribution in [0.2, 0.25) is 0 Å². The zero-order chi connectivity index (χ0) is 4.99. The second kappa shape index (κ2) is 3.18. The van der Waals surface area contributed by atoms with E-state index in [1.54, 1.807) is 0 Å². The monoisotopic (exact) mass is 106 g/mol. The van der Waals surface area contributed by atoms with E-state index in [0.717, 1.165) is 0 Å². The largest absolute Gasteiger partial charge is 0.395 e. The Morgan fingerprint density at radius 2 is 2.50 bits per heavy atom. The van der Waals surface area contributed by atoms with Gasteiger partial charge >= 0.3 is 0 Å². The summed E-state index contributed by atoms with van der Waals surface area (Å²) in [6.45, 7) is -0.174. The van der Waals surface area contributed by atoms with Crippen LogP contribution in [-0.4, -0.2) is 23.2 Å². The standard InChI is InChI=1S/C3H6O2S/c4-1-3(6)2-5/h1,3,5-6H,2H2/t3-/m1/s1. The van der Waals surface area contributed by atoms with Crippen molar-refractivity contribution >= 4 is 18.9 Å². The van der Waals surface area contributed by atoms with Gasteiger partial charge in [0.05, 0.1) is 11.9 Å². The van der Waals surface area contributed by atoms with Gasteiger partial charge in [0.1, 0.15) is 6.29 Å². The minimum absolute atomic E-state index is 0.174. The van der Waals surface area contributed by atoms with E-state index in [-0.39, 0.29) is 6.61 Å². The molecule has 0 aliphatic heterocycles. The fourth-order valence-corrected chi connectivity index (χ4v) is 0.0430. The molecule has 36 valence electrons. The highest BCUT2D eigenvalue weighted by Gasteiger charge is 1.91. The summed E-state index contributed by atoms with van der Waals surface area (Å²) in [6, 6.07) is 0. The van der Waals surface area contributed by atoms with Gasteiger partial charge in [-0.2, -0.15) is 12.6 Å². The Morgan fingerprint density at radius 1 is 2.00 bits per heavy atom. The number of aliphatic hydroxyl groups is 1. The van der Waals surface area contributed by atoms with Crippen molar-refractivity contribution in [2.24, 2.45) is 0 Å². The number of hydrogen-bond donors (Lipinski definition) is 2. The molecule has 0 aliphatic carbocycles. The topological polar surface area (TPSA) is 37.3 Å². The number of rotatable bonds is 2. The zero-order valence-corrected chi connectivity index (χ0v) is 4.06. The van der Waals surface area contributed by atoms with Crippen molar-refractivity contribution in [3.63, 3.8) is 0 Å². The highest BCUT2D eigenvalue weighted by molar-refractivity contribution is 7.81. The van der Waals surface area contributed by atoms with E-state index in [4.69, 9.17) is 5.11 Å². The number of carbonyl (C=O) groups excluding carboxylic acids is 1. The van der Waals surface area contributed by atoms with Crippen LogP contribution in [0.1, 0.15) is 0 Å². The lowest BCUT2D eigenvalue weighted by Gasteiger charge is -1.88. The van der Waals surface area contributed by atoms with Crippen LogP contribution in [0.3, 0.4) is 0 Å². The van der Waals surface area contributed by atoms with Crippen LogP contribution in [-0.2, 0) is 4.79 Å². The van der Waals surface area contributed by atoms with Crippen molar-refractivity contribution in [3.8, 4) is 0 Å². The first kappa shape index (κ1) is 5.98. The van der Waals surface area contributed by atoms with Gasteiger partial charge in [-0.15, -0.1) is 0 Å². The van der Waals surface area contributed by atoms with Crippen LogP contribution < -0.4 is 0 Å². The first-order chi connectivity index (χ1) is 2.81. The van der Waals surface area contributed by atoms with Crippen molar-refractivity contribution in [2.45, 2.75) is 5.25 Å². The molecule has 0 heterocycles. The molecule has 0 fully saturated rings. The van der Waals surface area contributed by atoms with Crippen LogP contribution in [0.4, 0.5) is 0 Å². The first-order valence-corrected chi connectivity index (χ1v) is 2.07. The summed E-state index contributed by atoms with van der Waals surface area (Å²) >= 11 is 3.61. The Bertz CT molecular complexity index is 46.1.